The van der Waals surface area contributed by atoms with Crippen molar-refractivity contribution in [2.45, 2.75) is 6.42 Å². The molecular formula is C13H8. The molecule has 1 aliphatic rings. The number of rotatable bonds is 0. The minimum Gasteiger partial charge on any atom is -0.0537 e. The number of hydrogen-bond donors (Lipinski definition) is 0. The van der Waals surface area contributed by atoms with Crippen molar-refractivity contribution < 1.29 is 0 Å². The molecule has 0 heteroatoms. The van der Waals surface area contributed by atoms with Crippen LogP contribution in [0, 0.1) is 12.1 Å². The maximum absolute atomic E-state index is 3.12. The van der Waals surface area contributed by atoms with Gasteiger partial charge < -0.3 is 0 Å². The molecule has 0 amide bonds. The highest BCUT2D eigenvalue weighted by Gasteiger charge is 2.15. The van der Waals surface area contributed by atoms with E-state index in [0.717, 1.165) is 6.42 Å². The summed E-state index contributed by atoms with van der Waals surface area (Å²) in [6.07, 6.45) is 1.04. The van der Waals surface area contributed by atoms with Gasteiger partial charge in [0.05, 0.1) is 0 Å². The lowest BCUT2D eigenvalue weighted by Crippen LogP contribution is -1.77. The molecule has 0 heterocycles. The zero-order valence-electron chi connectivity index (χ0n) is 7.17. The van der Waals surface area contributed by atoms with Gasteiger partial charge in [0.15, 0.2) is 0 Å². The van der Waals surface area contributed by atoms with Crippen molar-refractivity contribution in [1.29, 1.82) is 0 Å². The fourth-order valence-electron chi connectivity index (χ4n) is 1.95. The number of hydrogen-bond acceptors (Lipinski definition) is 0. The van der Waals surface area contributed by atoms with Crippen molar-refractivity contribution in [2.24, 2.45) is 0 Å². The molecule has 3 rings (SSSR count). The molecule has 2 aromatic rings. The summed E-state index contributed by atoms with van der Waals surface area (Å²) in [5.74, 6) is 0. The third kappa shape index (κ3) is 0.919. The predicted molar refractivity (Wildman–Crippen MR) is 52.4 cm³/mol. The van der Waals surface area contributed by atoms with E-state index in [9.17, 15) is 0 Å². The molecule has 0 atom stereocenters. The lowest BCUT2D eigenvalue weighted by molar-refractivity contribution is 1.26. The first kappa shape index (κ1) is 6.90. The summed E-state index contributed by atoms with van der Waals surface area (Å²) in [5.41, 5.74) is 5.50. The van der Waals surface area contributed by atoms with Crippen LogP contribution in [0.3, 0.4) is 0 Å². The van der Waals surface area contributed by atoms with E-state index in [1.54, 1.807) is 0 Å². The standard InChI is InChI=1S/C13H8/c1-3-7-12-10(5-1)9-11-6-2-4-8-13(11)12/h3-8H,9H2. The smallest absolute Gasteiger partial charge is 0.00130 e. The van der Waals surface area contributed by atoms with Crippen LogP contribution in [0.5, 0.6) is 0 Å². The summed E-state index contributed by atoms with van der Waals surface area (Å²) in [5, 5.41) is 0. The average Bonchev–Trinajstić information content (AvgIpc) is 2.56. The molecule has 0 spiro atoms. The normalized spacial score (nSPS) is 12.3. The Morgan fingerprint density at radius 3 is 1.92 bits per heavy atom. The van der Waals surface area contributed by atoms with E-state index in [0.29, 0.717) is 0 Å². The first-order valence-corrected chi connectivity index (χ1v) is 4.43. The van der Waals surface area contributed by atoms with Crippen molar-refractivity contribution >= 4 is 0 Å². The lowest BCUT2D eigenvalue weighted by atomic mass is 10.1. The van der Waals surface area contributed by atoms with Crippen LogP contribution in [0.4, 0.5) is 0 Å². The summed E-state index contributed by atoms with van der Waals surface area (Å²) >= 11 is 0. The van der Waals surface area contributed by atoms with Crippen LogP contribution in [0.25, 0.3) is 11.1 Å². The molecule has 0 fully saturated rings. The van der Waals surface area contributed by atoms with Gasteiger partial charge in [-0.2, -0.15) is 0 Å². The molecule has 0 aliphatic heterocycles. The van der Waals surface area contributed by atoms with E-state index in [1.165, 1.54) is 22.3 Å². The molecule has 2 radical (unpaired) electrons. The van der Waals surface area contributed by atoms with E-state index >= 15 is 0 Å². The second-order valence-electron chi connectivity index (χ2n) is 3.34. The molecule has 0 saturated heterocycles. The maximum Gasteiger partial charge on any atom is -0.00130 e. The Bertz CT molecular complexity index is 412. The van der Waals surface area contributed by atoms with Crippen LogP contribution in [0.1, 0.15) is 11.1 Å². The summed E-state index contributed by atoms with van der Waals surface area (Å²) in [6.45, 7) is 0. The van der Waals surface area contributed by atoms with Gasteiger partial charge in [0.2, 0.25) is 0 Å². The van der Waals surface area contributed by atoms with Crippen molar-refractivity contribution in [3.63, 3.8) is 0 Å². The Hall–Kier alpha value is -1.56. The quantitative estimate of drug-likeness (QED) is 0.479. The monoisotopic (exact) mass is 164 g/mol. The van der Waals surface area contributed by atoms with Gasteiger partial charge in [-0.25, -0.2) is 0 Å². The first-order chi connectivity index (χ1) is 6.45. The summed E-state index contributed by atoms with van der Waals surface area (Å²) < 4.78 is 0. The van der Waals surface area contributed by atoms with Crippen LogP contribution < -0.4 is 0 Å². The van der Waals surface area contributed by atoms with Gasteiger partial charge in [-0.1, -0.05) is 36.4 Å². The third-order valence-electron chi connectivity index (χ3n) is 2.57. The van der Waals surface area contributed by atoms with Crippen molar-refractivity contribution in [3.05, 3.63) is 59.7 Å². The average molecular weight is 164 g/mol. The largest absolute Gasteiger partial charge is 0.0537 e. The highest BCUT2D eigenvalue weighted by molar-refractivity contribution is 5.76. The molecule has 1 aliphatic carbocycles. The summed E-state index contributed by atoms with van der Waals surface area (Å²) in [4.78, 5) is 0. The second-order valence-corrected chi connectivity index (χ2v) is 3.34. The lowest BCUT2D eigenvalue weighted by Gasteiger charge is -1.97. The Morgan fingerprint density at radius 2 is 1.38 bits per heavy atom. The van der Waals surface area contributed by atoms with Crippen molar-refractivity contribution in [2.75, 3.05) is 0 Å². The van der Waals surface area contributed by atoms with Crippen LogP contribution in [-0.4, -0.2) is 0 Å². The van der Waals surface area contributed by atoms with Crippen LogP contribution in [-0.2, 0) is 6.42 Å². The predicted octanol–water partition coefficient (Wildman–Crippen LogP) is 2.86. The molecule has 13 heavy (non-hydrogen) atoms. The Kier molecular flexibility index (Phi) is 1.31. The minimum absolute atomic E-state index is 1.04. The van der Waals surface area contributed by atoms with E-state index in [2.05, 4.69) is 36.4 Å². The van der Waals surface area contributed by atoms with E-state index in [1.807, 2.05) is 12.1 Å². The van der Waals surface area contributed by atoms with Crippen molar-refractivity contribution in [1.82, 2.24) is 0 Å². The highest BCUT2D eigenvalue weighted by atomic mass is 14.2. The molecule has 2 aromatic carbocycles. The van der Waals surface area contributed by atoms with Gasteiger partial charge in [0, 0.05) is 0 Å². The Labute approximate surface area is 77.8 Å². The molecule has 0 unspecified atom stereocenters. The molecule has 0 N–H and O–H groups in total. The van der Waals surface area contributed by atoms with Gasteiger partial charge in [0.1, 0.15) is 0 Å². The van der Waals surface area contributed by atoms with Crippen LogP contribution in [0.15, 0.2) is 36.4 Å². The highest BCUT2D eigenvalue weighted by Crippen LogP contribution is 2.35. The molecule has 0 bridgehead atoms. The minimum atomic E-state index is 1.04. The van der Waals surface area contributed by atoms with Gasteiger partial charge in [-0.15, -0.1) is 0 Å². The van der Waals surface area contributed by atoms with Crippen molar-refractivity contribution in [3.8, 4) is 11.1 Å². The van der Waals surface area contributed by atoms with Gasteiger partial charge in [-0.05, 0) is 40.8 Å². The number of benzene rings is 2. The zero-order chi connectivity index (χ0) is 8.67. The zero-order valence-corrected chi connectivity index (χ0v) is 7.17. The fourth-order valence-corrected chi connectivity index (χ4v) is 1.95. The second kappa shape index (κ2) is 2.46. The molecule has 0 nitrogen and oxygen atoms in total. The SMILES string of the molecule is [c]1ccc2c(c1)Cc1c[c]ccc1-2. The number of fused-ring (bicyclic) bond motifs is 3. The van der Waals surface area contributed by atoms with Gasteiger partial charge in [0.25, 0.3) is 0 Å². The molecule has 60 valence electrons. The van der Waals surface area contributed by atoms with E-state index < -0.39 is 0 Å². The Balaban J connectivity index is 2.32. The van der Waals surface area contributed by atoms with Crippen LogP contribution >= 0.6 is 0 Å². The van der Waals surface area contributed by atoms with Crippen LogP contribution in [0.2, 0.25) is 0 Å². The van der Waals surface area contributed by atoms with Gasteiger partial charge >= 0.3 is 0 Å². The Morgan fingerprint density at radius 1 is 0.846 bits per heavy atom. The topological polar surface area (TPSA) is 0 Å². The first-order valence-electron chi connectivity index (χ1n) is 4.43. The van der Waals surface area contributed by atoms with Gasteiger partial charge in [-0.3, -0.25) is 0 Å². The van der Waals surface area contributed by atoms with E-state index in [4.69, 9.17) is 0 Å². The molecular weight excluding hydrogens is 156 g/mol. The fraction of sp³-hybridized carbons (Fsp3) is 0.0769. The molecule has 0 saturated carbocycles. The molecule has 0 aromatic heterocycles. The van der Waals surface area contributed by atoms with E-state index in [-0.39, 0.29) is 0 Å². The summed E-state index contributed by atoms with van der Waals surface area (Å²) in [7, 11) is 0. The maximum atomic E-state index is 3.12. The summed E-state index contributed by atoms with van der Waals surface area (Å²) in [6, 6.07) is 18.6. The third-order valence-corrected chi connectivity index (χ3v) is 2.57.